The topological polar surface area (TPSA) is 78.7 Å². The number of rotatable bonds is 5. The predicted octanol–water partition coefficient (Wildman–Crippen LogP) is 3.32. The number of aryl methyl sites for hydroxylation is 1. The molecule has 0 aliphatic carbocycles. The van der Waals surface area contributed by atoms with Gasteiger partial charge in [0, 0.05) is 43.0 Å². The number of nitrogens with one attached hydrogen (secondary N) is 1. The fourth-order valence-corrected chi connectivity index (χ4v) is 3.29. The van der Waals surface area contributed by atoms with Crippen molar-refractivity contribution >= 4 is 34.6 Å². The third-order valence-corrected chi connectivity index (χ3v) is 5.02. The first-order valence-electron chi connectivity index (χ1n) is 8.71. The van der Waals surface area contributed by atoms with E-state index >= 15 is 0 Å². The molecule has 1 heterocycles. The second-order valence-electron chi connectivity index (χ2n) is 6.52. The van der Waals surface area contributed by atoms with Gasteiger partial charge < -0.3 is 10.2 Å². The largest absolute Gasteiger partial charge is 0.363 e. The van der Waals surface area contributed by atoms with Crippen LogP contribution in [0.15, 0.2) is 42.5 Å². The molecule has 0 aromatic heterocycles. The second kappa shape index (κ2) is 8.37. The van der Waals surface area contributed by atoms with E-state index in [1.54, 1.807) is 24.3 Å². The molecule has 0 unspecified atom stereocenters. The first-order valence-corrected chi connectivity index (χ1v) is 9.08. The molecule has 1 amide bonds. The number of nitrogens with zero attached hydrogens (tertiary/aromatic N) is 3. The van der Waals surface area contributed by atoms with Gasteiger partial charge in [-0.25, -0.2) is 0 Å². The summed E-state index contributed by atoms with van der Waals surface area (Å²) in [7, 11) is 0. The lowest BCUT2D eigenvalue weighted by Gasteiger charge is -2.35. The third-order valence-electron chi connectivity index (χ3n) is 4.61. The molecule has 27 heavy (non-hydrogen) atoms. The number of benzene rings is 2. The number of carbonyl (C=O) groups excluding carboxylic acids is 1. The number of nitro benzene ring substituents is 1. The van der Waals surface area contributed by atoms with Gasteiger partial charge in [-0.2, -0.15) is 0 Å². The summed E-state index contributed by atoms with van der Waals surface area (Å²) in [6, 6.07) is 12.2. The lowest BCUT2D eigenvalue weighted by Crippen LogP contribution is -2.48. The molecule has 2 aromatic rings. The first kappa shape index (κ1) is 19.1. The molecule has 142 valence electrons. The van der Waals surface area contributed by atoms with E-state index in [0.717, 1.165) is 5.56 Å². The van der Waals surface area contributed by atoms with E-state index < -0.39 is 0 Å². The van der Waals surface area contributed by atoms with Gasteiger partial charge in [-0.05, 0) is 30.7 Å². The Bertz CT molecular complexity index is 851. The molecule has 8 heteroatoms. The predicted molar refractivity (Wildman–Crippen MR) is 107 cm³/mol. The molecule has 7 nitrogen and oxygen atoms in total. The molecule has 1 saturated heterocycles. The molecular formula is C19H21ClN4O3. The smallest absolute Gasteiger partial charge is 0.292 e. The number of carbonyl (C=O) groups is 1. The average molecular weight is 389 g/mol. The summed E-state index contributed by atoms with van der Waals surface area (Å²) < 4.78 is 0. The van der Waals surface area contributed by atoms with Crippen molar-refractivity contribution < 1.29 is 9.72 Å². The molecule has 1 aliphatic heterocycles. The molecule has 0 bridgehead atoms. The minimum Gasteiger partial charge on any atom is -0.363 e. The summed E-state index contributed by atoms with van der Waals surface area (Å²) >= 11 is 6.08. The molecule has 0 spiro atoms. The van der Waals surface area contributed by atoms with Crippen molar-refractivity contribution in [2.24, 2.45) is 0 Å². The zero-order valence-corrected chi connectivity index (χ0v) is 15.8. The maximum Gasteiger partial charge on any atom is 0.292 e. The molecule has 2 aromatic carbocycles. The maximum absolute atomic E-state index is 12.3. The van der Waals surface area contributed by atoms with Crippen molar-refractivity contribution in [2.45, 2.75) is 6.92 Å². The van der Waals surface area contributed by atoms with E-state index in [1.807, 2.05) is 28.9 Å². The molecule has 1 aliphatic rings. The fourth-order valence-electron chi connectivity index (χ4n) is 3.11. The summed E-state index contributed by atoms with van der Waals surface area (Å²) in [5.74, 6) is -0.103. The number of anilines is 2. The number of hydrogen-bond donors (Lipinski definition) is 1. The Hall–Kier alpha value is -2.64. The van der Waals surface area contributed by atoms with Gasteiger partial charge in [0.1, 0.15) is 5.69 Å². The molecule has 3 rings (SSSR count). The van der Waals surface area contributed by atoms with Crippen LogP contribution in [0, 0.1) is 17.0 Å². The first-order chi connectivity index (χ1) is 12.9. The summed E-state index contributed by atoms with van der Waals surface area (Å²) in [4.78, 5) is 27.1. The van der Waals surface area contributed by atoms with Gasteiger partial charge in [-0.15, -0.1) is 0 Å². The molecule has 1 N–H and O–H groups in total. The molecule has 0 radical (unpaired) electrons. The minimum absolute atomic E-state index is 0.103. The number of hydrogen-bond acceptors (Lipinski definition) is 5. The Labute approximate surface area is 162 Å². The Kier molecular flexibility index (Phi) is 5.93. The van der Waals surface area contributed by atoms with Crippen molar-refractivity contribution in [1.82, 2.24) is 4.90 Å². The van der Waals surface area contributed by atoms with Gasteiger partial charge in [0.05, 0.1) is 11.5 Å². The Balaban J connectivity index is 1.54. The molecule has 0 saturated carbocycles. The van der Waals surface area contributed by atoms with Crippen LogP contribution in [0.3, 0.4) is 0 Å². The lowest BCUT2D eigenvalue weighted by molar-refractivity contribution is -0.384. The van der Waals surface area contributed by atoms with Crippen molar-refractivity contribution in [3.8, 4) is 0 Å². The highest BCUT2D eigenvalue weighted by Crippen LogP contribution is 2.28. The quantitative estimate of drug-likeness (QED) is 0.628. The van der Waals surface area contributed by atoms with Crippen LogP contribution in [-0.4, -0.2) is 48.5 Å². The second-order valence-corrected chi connectivity index (χ2v) is 6.93. The number of nitro groups is 1. The summed E-state index contributed by atoms with van der Waals surface area (Å²) in [5, 5.41) is 14.7. The van der Waals surface area contributed by atoms with Crippen molar-refractivity contribution in [1.29, 1.82) is 0 Å². The van der Waals surface area contributed by atoms with E-state index in [-0.39, 0.29) is 23.1 Å². The van der Waals surface area contributed by atoms with Crippen LogP contribution in [-0.2, 0) is 4.79 Å². The van der Waals surface area contributed by atoms with Crippen LogP contribution in [0.2, 0.25) is 5.02 Å². The number of piperazine rings is 1. The zero-order chi connectivity index (χ0) is 19.4. The highest BCUT2D eigenvalue weighted by atomic mass is 35.5. The normalized spacial score (nSPS) is 14.8. The Morgan fingerprint density at radius 2 is 1.89 bits per heavy atom. The van der Waals surface area contributed by atoms with E-state index in [2.05, 4.69) is 5.32 Å². The van der Waals surface area contributed by atoms with E-state index in [9.17, 15) is 14.9 Å². The van der Waals surface area contributed by atoms with Crippen LogP contribution in [0.25, 0.3) is 0 Å². The van der Waals surface area contributed by atoms with Gasteiger partial charge in [0.2, 0.25) is 5.91 Å². The standard InChI is InChI=1S/C19H21ClN4O3/c1-14-6-7-15(12-16(14)20)21-19(25)13-22-8-10-23(11-9-22)17-4-2-3-5-18(17)24(26)27/h2-7,12H,8-11,13H2,1H3,(H,21,25). The van der Waals surface area contributed by atoms with Crippen molar-refractivity contribution in [3.63, 3.8) is 0 Å². The van der Waals surface area contributed by atoms with Crippen LogP contribution in [0.1, 0.15) is 5.56 Å². The number of amides is 1. The highest BCUT2D eigenvalue weighted by Gasteiger charge is 2.24. The summed E-state index contributed by atoms with van der Waals surface area (Å²) in [6.07, 6.45) is 0. The highest BCUT2D eigenvalue weighted by molar-refractivity contribution is 6.31. The molecule has 0 atom stereocenters. The van der Waals surface area contributed by atoms with Gasteiger partial charge >= 0.3 is 0 Å². The van der Waals surface area contributed by atoms with Crippen molar-refractivity contribution in [3.05, 3.63) is 63.2 Å². The number of halogens is 1. The van der Waals surface area contributed by atoms with E-state index in [0.29, 0.717) is 42.6 Å². The van der Waals surface area contributed by atoms with Crippen LogP contribution in [0.5, 0.6) is 0 Å². The Morgan fingerprint density at radius 1 is 1.19 bits per heavy atom. The third kappa shape index (κ3) is 4.75. The van der Waals surface area contributed by atoms with Gasteiger partial charge in [0.15, 0.2) is 0 Å². The van der Waals surface area contributed by atoms with Crippen LogP contribution < -0.4 is 10.2 Å². The molecule has 1 fully saturated rings. The molecular weight excluding hydrogens is 368 g/mol. The van der Waals surface area contributed by atoms with Crippen LogP contribution >= 0.6 is 11.6 Å². The fraction of sp³-hybridized carbons (Fsp3) is 0.316. The van der Waals surface area contributed by atoms with Gasteiger partial charge in [-0.3, -0.25) is 19.8 Å². The summed E-state index contributed by atoms with van der Waals surface area (Å²) in [5.41, 5.74) is 2.37. The van der Waals surface area contributed by atoms with Gasteiger partial charge in [-0.1, -0.05) is 29.8 Å². The van der Waals surface area contributed by atoms with E-state index in [1.165, 1.54) is 6.07 Å². The average Bonchev–Trinajstić information content (AvgIpc) is 2.65. The minimum atomic E-state index is -0.359. The summed E-state index contributed by atoms with van der Waals surface area (Å²) in [6.45, 7) is 4.77. The maximum atomic E-state index is 12.3. The zero-order valence-electron chi connectivity index (χ0n) is 15.0. The number of para-hydroxylation sites is 2. The van der Waals surface area contributed by atoms with Crippen molar-refractivity contribution in [2.75, 3.05) is 42.9 Å². The van der Waals surface area contributed by atoms with Gasteiger partial charge in [0.25, 0.3) is 5.69 Å². The SMILES string of the molecule is Cc1ccc(NC(=O)CN2CCN(c3ccccc3[N+](=O)[O-])CC2)cc1Cl. The lowest BCUT2D eigenvalue weighted by atomic mass is 10.2. The van der Waals surface area contributed by atoms with Crippen LogP contribution in [0.4, 0.5) is 17.1 Å². The Morgan fingerprint density at radius 3 is 2.56 bits per heavy atom. The monoisotopic (exact) mass is 388 g/mol. The van der Waals surface area contributed by atoms with E-state index in [4.69, 9.17) is 11.6 Å².